The highest BCUT2D eigenvalue weighted by atomic mass is 32.2. The van der Waals surface area contributed by atoms with Gasteiger partial charge in [0.25, 0.3) is 0 Å². The molecule has 3 aromatic heterocycles. The molecule has 4 rings (SSSR count). The summed E-state index contributed by atoms with van der Waals surface area (Å²) in [6, 6.07) is 7.49. The molecule has 0 saturated heterocycles. The minimum atomic E-state index is 0.577. The first-order valence-electron chi connectivity index (χ1n) is 6.60. The molecular formula is C13H10N8OS. The first kappa shape index (κ1) is 13.6. The summed E-state index contributed by atoms with van der Waals surface area (Å²) in [4.78, 5) is 15.5. The highest BCUT2D eigenvalue weighted by Crippen LogP contribution is 2.29. The highest BCUT2D eigenvalue weighted by Gasteiger charge is 2.14. The number of hydrogen-bond acceptors (Lipinski definition) is 8. The first-order valence-corrected chi connectivity index (χ1v) is 7.41. The second kappa shape index (κ2) is 5.65. The van der Waals surface area contributed by atoms with Gasteiger partial charge in [0, 0.05) is 6.07 Å². The Morgan fingerprint density at radius 3 is 3.09 bits per heavy atom. The average Bonchev–Trinajstić information content (AvgIpc) is 3.24. The Morgan fingerprint density at radius 1 is 1.22 bits per heavy atom. The van der Waals surface area contributed by atoms with Crippen LogP contribution in [0.25, 0.3) is 16.9 Å². The van der Waals surface area contributed by atoms with Crippen molar-refractivity contribution in [3.63, 3.8) is 0 Å². The van der Waals surface area contributed by atoms with Crippen molar-refractivity contribution >= 4 is 22.9 Å². The fourth-order valence-corrected chi connectivity index (χ4v) is 2.88. The number of tetrazole rings is 1. The van der Waals surface area contributed by atoms with Crippen LogP contribution in [0.1, 0.15) is 0 Å². The van der Waals surface area contributed by atoms with Gasteiger partial charge in [-0.25, -0.2) is 15.0 Å². The van der Waals surface area contributed by atoms with Gasteiger partial charge in [-0.15, -0.1) is 5.10 Å². The number of imidazole rings is 1. The number of nitrogens with one attached hydrogen (secondary N) is 1. The van der Waals surface area contributed by atoms with Crippen LogP contribution in [-0.4, -0.2) is 47.3 Å². The zero-order chi connectivity index (χ0) is 15.6. The molecule has 0 radical (unpaired) electrons. The lowest BCUT2D eigenvalue weighted by Gasteiger charge is -2.06. The van der Waals surface area contributed by atoms with Gasteiger partial charge < -0.3 is 9.72 Å². The Hall–Kier alpha value is -3.01. The number of aromatic amines is 1. The van der Waals surface area contributed by atoms with Gasteiger partial charge in [0.15, 0.2) is 5.65 Å². The Balaban J connectivity index is 1.74. The van der Waals surface area contributed by atoms with Crippen LogP contribution in [0.2, 0.25) is 0 Å². The van der Waals surface area contributed by atoms with Crippen LogP contribution in [0.4, 0.5) is 0 Å². The lowest BCUT2D eigenvalue weighted by atomic mass is 10.3. The standard InChI is InChI=1S/C13H10N8OS/c1-22-9-4-2-3-8(5-9)21-13(18-19-20-21)23-12-10-11(15-6-14-10)16-7-17-12/h2-7H,1H3,(H,14,15,16,17). The molecule has 114 valence electrons. The van der Waals surface area contributed by atoms with E-state index in [0.29, 0.717) is 15.8 Å². The maximum atomic E-state index is 5.24. The molecule has 1 N–H and O–H groups in total. The number of methoxy groups -OCH3 is 1. The van der Waals surface area contributed by atoms with Gasteiger partial charge in [-0.3, -0.25) is 0 Å². The predicted octanol–water partition coefficient (Wildman–Crippen LogP) is 1.49. The third kappa shape index (κ3) is 2.48. The number of aromatic nitrogens is 8. The first-order chi connectivity index (χ1) is 11.3. The zero-order valence-corrected chi connectivity index (χ0v) is 12.7. The van der Waals surface area contributed by atoms with E-state index in [2.05, 4.69) is 35.5 Å². The lowest BCUT2D eigenvalue weighted by Crippen LogP contribution is -1.99. The van der Waals surface area contributed by atoms with Gasteiger partial charge in [-0.1, -0.05) is 6.07 Å². The molecule has 0 saturated carbocycles. The number of hydrogen-bond donors (Lipinski definition) is 1. The van der Waals surface area contributed by atoms with Crippen LogP contribution in [0.15, 0.2) is 47.1 Å². The molecule has 0 atom stereocenters. The summed E-state index contributed by atoms with van der Waals surface area (Å²) < 4.78 is 6.86. The number of ether oxygens (including phenoxy) is 1. The number of benzene rings is 1. The Kier molecular flexibility index (Phi) is 3.35. The maximum Gasteiger partial charge on any atom is 0.220 e. The molecule has 0 fully saturated rings. The van der Waals surface area contributed by atoms with E-state index in [9.17, 15) is 0 Å². The summed E-state index contributed by atoms with van der Waals surface area (Å²) in [7, 11) is 1.62. The summed E-state index contributed by atoms with van der Waals surface area (Å²) in [5, 5.41) is 13.1. The van der Waals surface area contributed by atoms with Gasteiger partial charge in [0.05, 0.1) is 19.1 Å². The van der Waals surface area contributed by atoms with Crippen molar-refractivity contribution in [2.75, 3.05) is 7.11 Å². The molecule has 3 heterocycles. The largest absolute Gasteiger partial charge is 0.497 e. The highest BCUT2D eigenvalue weighted by molar-refractivity contribution is 7.99. The summed E-state index contributed by atoms with van der Waals surface area (Å²) in [6.07, 6.45) is 3.04. The smallest absolute Gasteiger partial charge is 0.220 e. The van der Waals surface area contributed by atoms with Crippen molar-refractivity contribution in [1.82, 2.24) is 40.1 Å². The van der Waals surface area contributed by atoms with Gasteiger partial charge in [0.2, 0.25) is 5.16 Å². The fourth-order valence-electron chi connectivity index (χ4n) is 2.05. The minimum absolute atomic E-state index is 0.577. The van der Waals surface area contributed by atoms with Crippen LogP contribution >= 0.6 is 11.8 Å². The Bertz CT molecular complexity index is 965. The van der Waals surface area contributed by atoms with Crippen LogP contribution in [0.5, 0.6) is 5.75 Å². The molecular weight excluding hydrogens is 316 g/mol. The molecule has 0 unspecified atom stereocenters. The van der Waals surface area contributed by atoms with E-state index in [-0.39, 0.29) is 0 Å². The second-order valence-electron chi connectivity index (χ2n) is 4.46. The van der Waals surface area contributed by atoms with Crippen molar-refractivity contribution in [3.8, 4) is 11.4 Å². The predicted molar refractivity (Wildman–Crippen MR) is 81.5 cm³/mol. The minimum Gasteiger partial charge on any atom is -0.497 e. The topological polar surface area (TPSA) is 107 Å². The number of rotatable bonds is 4. The van der Waals surface area contributed by atoms with Gasteiger partial charge in [-0.05, 0) is 34.3 Å². The molecule has 0 aliphatic rings. The number of nitrogens with zero attached hydrogens (tertiary/aromatic N) is 7. The van der Waals surface area contributed by atoms with E-state index in [1.54, 1.807) is 18.1 Å². The van der Waals surface area contributed by atoms with Crippen LogP contribution in [-0.2, 0) is 0 Å². The molecule has 9 nitrogen and oxygen atoms in total. The third-order valence-corrected chi connectivity index (χ3v) is 4.05. The van der Waals surface area contributed by atoms with E-state index in [0.717, 1.165) is 17.0 Å². The van der Waals surface area contributed by atoms with Crippen molar-refractivity contribution in [2.45, 2.75) is 10.2 Å². The maximum absolute atomic E-state index is 5.24. The monoisotopic (exact) mass is 326 g/mol. The molecule has 23 heavy (non-hydrogen) atoms. The van der Waals surface area contributed by atoms with E-state index >= 15 is 0 Å². The van der Waals surface area contributed by atoms with Crippen molar-refractivity contribution in [2.24, 2.45) is 0 Å². The summed E-state index contributed by atoms with van der Waals surface area (Å²) in [5.74, 6) is 0.729. The molecule has 0 aliphatic carbocycles. The quantitative estimate of drug-likeness (QED) is 0.562. The van der Waals surface area contributed by atoms with Crippen LogP contribution in [0, 0.1) is 0 Å². The van der Waals surface area contributed by atoms with E-state index < -0.39 is 0 Å². The summed E-state index contributed by atoms with van der Waals surface area (Å²) in [5.41, 5.74) is 2.15. The van der Waals surface area contributed by atoms with Crippen molar-refractivity contribution in [1.29, 1.82) is 0 Å². The van der Waals surface area contributed by atoms with E-state index in [4.69, 9.17) is 4.74 Å². The van der Waals surface area contributed by atoms with Crippen molar-refractivity contribution < 1.29 is 4.74 Å². The van der Waals surface area contributed by atoms with Gasteiger partial charge in [0.1, 0.15) is 22.6 Å². The van der Waals surface area contributed by atoms with Gasteiger partial charge in [-0.2, -0.15) is 4.68 Å². The summed E-state index contributed by atoms with van der Waals surface area (Å²) >= 11 is 1.33. The molecule has 0 bridgehead atoms. The normalized spacial score (nSPS) is 11.0. The van der Waals surface area contributed by atoms with Crippen LogP contribution in [0.3, 0.4) is 0 Å². The number of fused-ring (bicyclic) bond motifs is 1. The zero-order valence-electron chi connectivity index (χ0n) is 11.9. The Morgan fingerprint density at radius 2 is 2.17 bits per heavy atom. The average molecular weight is 326 g/mol. The lowest BCUT2D eigenvalue weighted by molar-refractivity contribution is 0.414. The Labute approximate surface area is 134 Å². The van der Waals surface area contributed by atoms with E-state index in [1.165, 1.54) is 18.1 Å². The van der Waals surface area contributed by atoms with Crippen molar-refractivity contribution in [3.05, 3.63) is 36.9 Å². The molecule has 10 heteroatoms. The van der Waals surface area contributed by atoms with Gasteiger partial charge >= 0.3 is 0 Å². The molecule has 4 aromatic rings. The van der Waals surface area contributed by atoms with E-state index in [1.807, 2.05) is 24.3 Å². The molecule has 0 amide bonds. The molecule has 0 aliphatic heterocycles. The van der Waals surface area contributed by atoms with Crippen LogP contribution < -0.4 is 4.74 Å². The molecule has 1 aromatic carbocycles. The second-order valence-corrected chi connectivity index (χ2v) is 5.41. The SMILES string of the molecule is COc1cccc(-n2nnnc2Sc2ncnc3nc[nH]c23)c1. The fraction of sp³-hybridized carbons (Fsp3) is 0.0769. The third-order valence-electron chi connectivity index (χ3n) is 3.11. The summed E-state index contributed by atoms with van der Waals surface area (Å²) in [6.45, 7) is 0. The number of H-pyrrole nitrogens is 1. The molecule has 0 spiro atoms.